The van der Waals surface area contributed by atoms with E-state index in [1.807, 2.05) is 31.2 Å². The molecule has 0 saturated heterocycles. The van der Waals surface area contributed by atoms with E-state index in [1.165, 1.54) is 18.6 Å². The van der Waals surface area contributed by atoms with Gasteiger partial charge in [-0.25, -0.2) is 0 Å². The molecule has 0 spiro atoms. The smallest absolute Gasteiger partial charge is 0.153 e. The summed E-state index contributed by atoms with van der Waals surface area (Å²) in [5.41, 5.74) is 2.18. The lowest BCUT2D eigenvalue weighted by Crippen LogP contribution is -1.84. The van der Waals surface area contributed by atoms with Crippen molar-refractivity contribution in [3.63, 3.8) is 0 Å². The fourth-order valence-corrected chi connectivity index (χ4v) is 1.33. The number of hydrogen-bond donors (Lipinski definition) is 1. The predicted molar refractivity (Wildman–Crippen MR) is 58.8 cm³/mol. The Morgan fingerprint density at radius 1 is 1.31 bits per heavy atom. The number of aryl methyl sites for hydroxylation is 1. The molecule has 68 valence electrons. The summed E-state index contributed by atoms with van der Waals surface area (Å²) in [4.78, 5) is 11.5. The van der Waals surface area contributed by atoms with E-state index in [4.69, 9.17) is 0 Å². The van der Waals surface area contributed by atoms with Crippen LogP contribution in [-0.4, -0.2) is 5.78 Å². The second kappa shape index (κ2) is 4.28. The van der Waals surface area contributed by atoms with Crippen molar-refractivity contribution in [2.75, 3.05) is 0 Å². The molecular formula is C11H12OS. The fraction of sp³-hybridized carbons (Fsp3) is 0.182. The van der Waals surface area contributed by atoms with E-state index >= 15 is 0 Å². The average Bonchev–Trinajstić information content (AvgIpc) is 2.04. The molecule has 1 aromatic carbocycles. The molecule has 0 atom stereocenters. The van der Waals surface area contributed by atoms with Gasteiger partial charge in [0.15, 0.2) is 5.78 Å². The molecule has 1 rings (SSSR count). The van der Waals surface area contributed by atoms with Crippen LogP contribution in [0.3, 0.4) is 0 Å². The molecule has 0 amide bonds. The van der Waals surface area contributed by atoms with Gasteiger partial charge in [-0.1, -0.05) is 29.8 Å². The number of benzene rings is 1. The van der Waals surface area contributed by atoms with E-state index in [-0.39, 0.29) is 5.78 Å². The zero-order valence-corrected chi connectivity index (χ0v) is 8.64. The summed E-state index contributed by atoms with van der Waals surface area (Å²) >= 11 is 4.23. The summed E-state index contributed by atoms with van der Waals surface area (Å²) in [5, 5.41) is 0. The van der Waals surface area contributed by atoms with Crippen molar-refractivity contribution in [3.8, 4) is 0 Å². The average molecular weight is 192 g/mol. The Morgan fingerprint density at radius 2 is 1.85 bits per heavy atom. The first-order valence-electron chi connectivity index (χ1n) is 4.08. The van der Waals surface area contributed by atoms with Gasteiger partial charge >= 0.3 is 0 Å². The topological polar surface area (TPSA) is 17.1 Å². The van der Waals surface area contributed by atoms with Crippen LogP contribution in [0.25, 0.3) is 4.91 Å². The highest BCUT2D eigenvalue weighted by molar-refractivity contribution is 7.90. The fourth-order valence-electron chi connectivity index (χ4n) is 1.00. The van der Waals surface area contributed by atoms with Crippen molar-refractivity contribution in [2.45, 2.75) is 13.8 Å². The lowest BCUT2D eigenvalue weighted by Gasteiger charge is -1.99. The van der Waals surface area contributed by atoms with Crippen LogP contribution in [-0.2, 0) is 4.79 Å². The molecule has 0 saturated carbocycles. The van der Waals surface area contributed by atoms with Crippen LogP contribution in [0.4, 0.5) is 0 Å². The van der Waals surface area contributed by atoms with E-state index in [0.717, 1.165) is 5.56 Å². The Labute approximate surface area is 83.9 Å². The summed E-state index contributed by atoms with van der Waals surface area (Å²) in [6.07, 6.45) is 1.52. The standard InChI is InChI=1S/C11H12OS/c1-8-3-5-10(6-4-8)11(13)7-9(2)12/h3-7,13H,1-2H3/b11-7-. The summed E-state index contributed by atoms with van der Waals surface area (Å²) in [5.74, 6) is 0.0191. The molecule has 0 unspecified atom stereocenters. The van der Waals surface area contributed by atoms with Gasteiger partial charge in [0.05, 0.1) is 0 Å². The summed E-state index contributed by atoms with van der Waals surface area (Å²) < 4.78 is 0. The van der Waals surface area contributed by atoms with Crippen molar-refractivity contribution >= 4 is 23.3 Å². The van der Waals surface area contributed by atoms with Gasteiger partial charge < -0.3 is 0 Å². The van der Waals surface area contributed by atoms with Crippen LogP contribution in [0.1, 0.15) is 18.1 Å². The number of rotatable bonds is 2. The van der Waals surface area contributed by atoms with E-state index < -0.39 is 0 Å². The van der Waals surface area contributed by atoms with E-state index in [0.29, 0.717) is 4.91 Å². The van der Waals surface area contributed by atoms with Gasteiger partial charge in [0.25, 0.3) is 0 Å². The monoisotopic (exact) mass is 192 g/mol. The molecule has 1 aromatic rings. The maximum absolute atomic E-state index is 10.8. The normalized spacial score (nSPS) is 11.5. The molecule has 1 nitrogen and oxygen atoms in total. The van der Waals surface area contributed by atoms with Crippen molar-refractivity contribution in [1.29, 1.82) is 0 Å². The quantitative estimate of drug-likeness (QED) is 0.563. The van der Waals surface area contributed by atoms with Gasteiger partial charge in [0.2, 0.25) is 0 Å². The van der Waals surface area contributed by atoms with E-state index in [2.05, 4.69) is 12.6 Å². The number of allylic oxidation sites excluding steroid dienone is 1. The molecule has 0 heterocycles. The van der Waals surface area contributed by atoms with Crippen LogP contribution in [0.5, 0.6) is 0 Å². The lowest BCUT2D eigenvalue weighted by atomic mass is 10.1. The molecular weight excluding hydrogens is 180 g/mol. The van der Waals surface area contributed by atoms with Crippen LogP contribution < -0.4 is 0 Å². The second-order valence-electron chi connectivity index (χ2n) is 3.01. The number of thiol groups is 1. The summed E-state index contributed by atoms with van der Waals surface area (Å²) in [6.45, 7) is 3.54. The Kier molecular flexibility index (Phi) is 3.32. The van der Waals surface area contributed by atoms with Gasteiger partial charge in [-0.05, 0) is 25.5 Å². The third-order valence-corrected chi connectivity index (χ3v) is 2.07. The van der Waals surface area contributed by atoms with Crippen LogP contribution in [0.15, 0.2) is 30.3 Å². The SMILES string of the molecule is CC(=O)/C=C(\S)c1ccc(C)cc1. The van der Waals surface area contributed by atoms with Crippen LogP contribution in [0.2, 0.25) is 0 Å². The maximum Gasteiger partial charge on any atom is 0.153 e. The molecule has 0 fully saturated rings. The van der Waals surface area contributed by atoms with Crippen molar-refractivity contribution in [3.05, 3.63) is 41.5 Å². The predicted octanol–water partition coefficient (Wildman–Crippen LogP) is 2.85. The van der Waals surface area contributed by atoms with Gasteiger partial charge in [0, 0.05) is 4.91 Å². The highest BCUT2D eigenvalue weighted by Crippen LogP contribution is 2.18. The van der Waals surface area contributed by atoms with Crippen molar-refractivity contribution in [2.24, 2.45) is 0 Å². The second-order valence-corrected chi connectivity index (χ2v) is 3.49. The molecule has 0 bridgehead atoms. The lowest BCUT2D eigenvalue weighted by molar-refractivity contribution is -0.112. The van der Waals surface area contributed by atoms with Crippen molar-refractivity contribution < 1.29 is 4.79 Å². The number of ketones is 1. The largest absolute Gasteiger partial charge is 0.295 e. The minimum absolute atomic E-state index is 0.0191. The number of carbonyl (C=O) groups excluding carboxylic acids is 1. The zero-order chi connectivity index (χ0) is 9.84. The Bertz CT molecular complexity index is 336. The molecule has 0 aliphatic heterocycles. The molecule has 0 aromatic heterocycles. The highest BCUT2D eigenvalue weighted by Gasteiger charge is 1.96. The molecule has 13 heavy (non-hydrogen) atoms. The Hall–Kier alpha value is -1.02. The van der Waals surface area contributed by atoms with Crippen LogP contribution in [0, 0.1) is 6.92 Å². The first-order chi connectivity index (χ1) is 6.09. The van der Waals surface area contributed by atoms with E-state index in [9.17, 15) is 4.79 Å². The Balaban J connectivity index is 2.96. The number of hydrogen-bond acceptors (Lipinski definition) is 2. The maximum atomic E-state index is 10.8. The molecule has 0 aliphatic rings. The molecule has 2 heteroatoms. The van der Waals surface area contributed by atoms with Gasteiger partial charge in [0.1, 0.15) is 0 Å². The zero-order valence-electron chi connectivity index (χ0n) is 7.74. The Morgan fingerprint density at radius 3 is 2.31 bits per heavy atom. The highest BCUT2D eigenvalue weighted by atomic mass is 32.1. The first-order valence-corrected chi connectivity index (χ1v) is 4.52. The van der Waals surface area contributed by atoms with Crippen LogP contribution >= 0.6 is 12.6 Å². The van der Waals surface area contributed by atoms with Gasteiger partial charge in [-0.15, -0.1) is 12.6 Å². The number of carbonyl (C=O) groups is 1. The molecule has 0 N–H and O–H groups in total. The summed E-state index contributed by atoms with van der Waals surface area (Å²) in [6, 6.07) is 7.91. The third kappa shape index (κ3) is 3.07. The summed E-state index contributed by atoms with van der Waals surface area (Å²) in [7, 11) is 0. The molecule has 0 radical (unpaired) electrons. The minimum atomic E-state index is 0.0191. The third-order valence-electron chi connectivity index (χ3n) is 1.69. The van der Waals surface area contributed by atoms with Crippen molar-refractivity contribution in [1.82, 2.24) is 0 Å². The minimum Gasteiger partial charge on any atom is -0.295 e. The molecule has 0 aliphatic carbocycles. The van der Waals surface area contributed by atoms with E-state index in [1.54, 1.807) is 0 Å². The first kappa shape index (κ1) is 10.1. The van der Waals surface area contributed by atoms with Gasteiger partial charge in [-0.3, -0.25) is 4.79 Å². The van der Waals surface area contributed by atoms with Gasteiger partial charge in [-0.2, -0.15) is 0 Å².